The van der Waals surface area contributed by atoms with Gasteiger partial charge < -0.3 is 9.42 Å². The van der Waals surface area contributed by atoms with Crippen molar-refractivity contribution in [3.8, 4) is 0 Å². The molecule has 0 radical (unpaired) electrons. The molecule has 1 aliphatic heterocycles. The second-order valence-electron chi connectivity index (χ2n) is 4.40. The van der Waals surface area contributed by atoms with Gasteiger partial charge in [-0.1, -0.05) is 16.5 Å². The number of nitrogens with zero attached hydrogens (tertiary/aromatic N) is 4. The number of anilines is 1. The van der Waals surface area contributed by atoms with E-state index in [0.717, 1.165) is 6.20 Å². The standard InChI is InChI=1S/C10H7F5N4OS/c11-6(12)7-17-8(20-18-7)4-2-19(3-4)9-16-1-5(21-9)10(13,14)15/h1,4,6H,2-3H2. The van der Waals surface area contributed by atoms with Crippen molar-refractivity contribution in [3.05, 3.63) is 22.8 Å². The predicted molar refractivity (Wildman–Crippen MR) is 61.3 cm³/mol. The van der Waals surface area contributed by atoms with Crippen LogP contribution in [0.1, 0.15) is 28.9 Å². The van der Waals surface area contributed by atoms with Gasteiger partial charge in [0.2, 0.25) is 11.7 Å². The Morgan fingerprint density at radius 1 is 1.33 bits per heavy atom. The molecule has 0 spiro atoms. The lowest BCUT2D eigenvalue weighted by molar-refractivity contribution is -0.134. The highest BCUT2D eigenvalue weighted by Crippen LogP contribution is 2.39. The van der Waals surface area contributed by atoms with Gasteiger partial charge in [-0.3, -0.25) is 0 Å². The molecule has 21 heavy (non-hydrogen) atoms. The maximum atomic E-state index is 12.5. The predicted octanol–water partition coefficient (Wildman–Crippen LogP) is 3.09. The van der Waals surface area contributed by atoms with Gasteiger partial charge in [-0.2, -0.15) is 18.2 Å². The summed E-state index contributed by atoms with van der Waals surface area (Å²) in [5.74, 6) is -0.894. The molecule has 114 valence electrons. The Hall–Kier alpha value is -1.78. The van der Waals surface area contributed by atoms with Crippen LogP contribution in [0.4, 0.5) is 27.1 Å². The van der Waals surface area contributed by atoms with E-state index in [1.807, 2.05) is 0 Å². The van der Waals surface area contributed by atoms with Gasteiger partial charge in [-0.15, -0.1) is 0 Å². The fourth-order valence-corrected chi connectivity index (χ4v) is 2.64. The molecule has 0 N–H and O–H groups in total. The van der Waals surface area contributed by atoms with E-state index in [9.17, 15) is 22.0 Å². The third-order valence-corrected chi connectivity index (χ3v) is 4.03. The van der Waals surface area contributed by atoms with Gasteiger partial charge >= 0.3 is 12.6 Å². The number of rotatable bonds is 3. The first-order valence-corrected chi connectivity index (χ1v) is 6.56. The lowest BCUT2D eigenvalue weighted by Gasteiger charge is -2.36. The first-order chi connectivity index (χ1) is 9.84. The van der Waals surface area contributed by atoms with Crippen LogP contribution in [-0.4, -0.2) is 28.2 Å². The molecule has 0 bridgehead atoms. The Bertz CT molecular complexity index is 633. The fourth-order valence-electron chi connectivity index (χ4n) is 1.83. The molecule has 2 aromatic heterocycles. The van der Waals surface area contributed by atoms with Crippen molar-refractivity contribution in [3.63, 3.8) is 0 Å². The summed E-state index contributed by atoms with van der Waals surface area (Å²) in [5.41, 5.74) is 0. The molecule has 1 saturated heterocycles. The van der Waals surface area contributed by atoms with Crippen molar-refractivity contribution < 1.29 is 26.5 Å². The topological polar surface area (TPSA) is 55.1 Å². The lowest BCUT2D eigenvalue weighted by atomic mass is 10.0. The number of hydrogen-bond donors (Lipinski definition) is 0. The Balaban J connectivity index is 1.64. The molecule has 0 atom stereocenters. The Kier molecular flexibility index (Phi) is 3.30. The normalized spacial score (nSPS) is 16.6. The minimum Gasteiger partial charge on any atom is -0.346 e. The zero-order valence-corrected chi connectivity index (χ0v) is 11.0. The average molecular weight is 326 g/mol. The number of halogens is 5. The second-order valence-corrected chi connectivity index (χ2v) is 5.41. The van der Waals surface area contributed by atoms with Crippen LogP contribution in [0.15, 0.2) is 10.7 Å². The molecule has 2 aromatic rings. The monoisotopic (exact) mass is 326 g/mol. The van der Waals surface area contributed by atoms with E-state index in [4.69, 9.17) is 4.52 Å². The molecule has 0 aliphatic carbocycles. The largest absolute Gasteiger partial charge is 0.427 e. The van der Waals surface area contributed by atoms with E-state index in [1.165, 1.54) is 0 Å². The van der Waals surface area contributed by atoms with Gasteiger partial charge in [0.1, 0.15) is 4.88 Å². The van der Waals surface area contributed by atoms with Crippen molar-refractivity contribution >= 4 is 16.5 Å². The van der Waals surface area contributed by atoms with Gasteiger partial charge in [0.25, 0.3) is 0 Å². The van der Waals surface area contributed by atoms with E-state index in [2.05, 4.69) is 15.1 Å². The van der Waals surface area contributed by atoms with Crippen molar-refractivity contribution in [2.45, 2.75) is 18.5 Å². The van der Waals surface area contributed by atoms with E-state index in [0.29, 0.717) is 24.4 Å². The highest BCUT2D eigenvalue weighted by Gasteiger charge is 2.38. The van der Waals surface area contributed by atoms with Crippen LogP contribution < -0.4 is 4.90 Å². The second kappa shape index (κ2) is 4.90. The number of alkyl halides is 5. The number of aromatic nitrogens is 3. The molecule has 0 unspecified atom stereocenters. The van der Waals surface area contributed by atoms with E-state index in [-0.39, 0.29) is 16.9 Å². The highest BCUT2D eigenvalue weighted by molar-refractivity contribution is 7.15. The number of thiazole rings is 1. The molecule has 3 heterocycles. The Labute approximate surface area is 118 Å². The van der Waals surface area contributed by atoms with Crippen molar-refractivity contribution in [2.24, 2.45) is 0 Å². The lowest BCUT2D eigenvalue weighted by Crippen LogP contribution is -2.45. The van der Waals surface area contributed by atoms with Crippen molar-refractivity contribution in [2.75, 3.05) is 18.0 Å². The molecule has 11 heteroatoms. The Morgan fingerprint density at radius 3 is 2.57 bits per heavy atom. The molecule has 3 rings (SSSR count). The first kappa shape index (κ1) is 14.2. The summed E-state index contributed by atoms with van der Waals surface area (Å²) in [5, 5.41) is 3.37. The van der Waals surface area contributed by atoms with Crippen LogP contribution in [0.2, 0.25) is 0 Å². The molecular weight excluding hydrogens is 319 g/mol. The fraction of sp³-hybridized carbons (Fsp3) is 0.500. The molecule has 1 aliphatic rings. The van der Waals surface area contributed by atoms with Crippen LogP contribution in [0, 0.1) is 0 Å². The van der Waals surface area contributed by atoms with Gasteiger partial charge in [0.15, 0.2) is 5.13 Å². The highest BCUT2D eigenvalue weighted by atomic mass is 32.1. The molecular formula is C10H7F5N4OS. The maximum Gasteiger partial charge on any atom is 0.427 e. The van der Waals surface area contributed by atoms with Crippen molar-refractivity contribution in [1.82, 2.24) is 15.1 Å². The summed E-state index contributed by atoms with van der Waals surface area (Å²) >= 11 is 0.534. The summed E-state index contributed by atoms with van der Waals surface area (Å²) in [6.07, 6.45) is -6.46. The average Bonchev–Trinajstić information content (AvgIpc) is 2.94. The molecule has 0 amide bonds. The SMILES string of the molecule is FC(F)c1noc(C2CN(c3ncc(C(F)(F)F)s3)C2)n1. The molecule has 0 saturated carbocycles. The molecule has 0 aromatic carbocycles. The van der Waals surface area contributed by atoms with E-state index in [1.54, 1.807) is 4.90 Å². The van der Waals surface area contributed by atoms with E-state index >= 15 is 0 Å². The minimum atomic E-state index is -4.42. The van der Waals surface area contributed by atoms with Crippen LogP contribution in [0.3, 0.4) is 0 Å². The third-order valence-electron chi connectivity index (χ3n) is 2.93. The summed E-state index contributed by atoms with van der Waals surface area (Å²) in [7, 11) is 0. The summed E-state index contributed by atoms with van der Waals surface area (Å²) in [4.78, 5) is 8.07. The van der Waals surface area contributed by atoms with Crippen LogP contribution in [0.25, 0.3) is 0 Å². The third kappa shape index (κ3) is 2.69. The zero-order chi connectivity index (χ0) is 15.2. The molecule has 1 fully saturated rings. The minimum absolute atomic E-state index is 0.0640. The van der Waals surface area contributed by atoms with Gasteiger partial charge in [0, 0.05) is 13.1 Å². The van der Waals surface area contributed by atoms with Gasteiger partial charge in [-0.05, 0) is 0 Å². The summed E-state index contributed by atoms with van der Waals surface area (Å²) in [6, 6.07) is 0. The quantitative estimate of drug-likeness (QED) is 0.811. The van der Waals surface area contributed by atoms with Crippen LogP contribution in [-0.2, 0) is 6.18 Å². The van der Waals surface area contributed by atoms with Crippen molar-refractivity contribution in [1.29, 1.82) is 0 Å². The zero-order valence-electron chi connectivity index (χ0n) is 10.1. The Morgan fingerprint density at radius 2 is 2.05 bits per heavy atom. The first-order valence-electron chi connectivity index (χ1n) is 5.74. The molecule has 5 nitrogen and oxygen atoms in total. The van der Waals surface area contributed by atoms with Gasteiger partial charge in [-0.25, -0.2) is 13.8 Å². The summed E-state index contributed by atoms with van der Waals surface area (Å²) in [6.45, 7) is 0.603. The summed E-state index contributed by atoms with van der Waals surface area (Å²) < 4.78 is 66.7. The van der Waals surface area contributed by atoms with Crippen LogP contribution in [0.5, 0.6) is 0 Å². The maximum absolute atomic E-state index is 12.5. The smallest absolute Gasteiger partial charge is 0.346 e. The van der Waals surface area contributed by atoms with Gasteiger partial charge in [0.05, 0.1) is 12.1 Å². The van der Waals surface area contributed by atoms with E-state index < -0.39 is 23.3 Å². The van der Waals surface area contributed by atoms with Crippen LogP contribution >= 0.6 is 11.3 Å². The number of hydrogen-bond acceptors (Lipinski definition) is 6.